The second-order valence-corrected chi connectivity index (χ2v) is 4.84. The molecule has 0 saturated carbocycles. The highest BCUT2D eigenvalue weighted by atomic mass is 16.6. The Kier molecular flexibility index (Phi) is 3.71. The quantitative estimate of drug-likeness (QED) is 0.536. The first kappa shape index (κ1) is 14.0. The maximum atomic E-state index is 10.6. The van der Waals surface area contributed by atoms with Gasteiger partial charge >= 0.3 is 5.69 Å². The van der Waals surface area contributed by atoms with E-state index in [2.05, 4.69) is 10.2 Å². The number of hydrogen-bond donors (Lipinski definition) is 1. The van der Waals surface area contributed by atoms with Gasteiger partial charge in [0.25, 0.3) is 0 Å². The molecule has 1 N–H and O–H groups in total. The third-order valence-corrected chi connectivity index (χ3v) is 3.15. The summed E-state index contributed by atoms with van der Waals surface area (Å²) in [5.41, 5.74) is 0.799. The summed E-state index contributed by atoms with van der Waals surface area (Å²) in [6, 6.07) is 3.83. The standard InChI is InChI=1S/C13H14N6O3/c20-13(10-18-8-12(6-15-18)19(21)22)9-17-7-11(5-14-17)16-3-1-2-4-16/h1-8,13,20H,9-10H2. The van der Waals surface area contributed by atoms with Crippen molar-refractivity contribution in [2.45, 2.75) is 19.2 Å². The first-order chi connectivity index (χ1) is 10.6. The van der Waals surface area contributed by atoms with E-state index < -0.39 is 11.0 Å². The van der Waals surface area contributed by atoms with E-state index in [0.29, 0.717) is 0 Å². The molecule has 22 heavy (non-hydrogen) atoms. The van der Waals surface area contributed by atoms with Crippen LogP contribution in [0.1, 0.15) is 0 Å². The molecule has 0 aliphatic heterocycles. The van der Waals surface area contributed by atoms with Gasteiger partial charge in [0.05, 0.1) is 36.0 Å². The molecule has 0 aliphatic carbocycles. The Morgan fingerprint density at radius 3 is 2.41 bits per heavy atom. The second-order valence-electron chi connectivity index (χ2n) is 4.84. The molecule has 3 aromatic heterocycles. The summed E-state index contributed by atoms with van der Waals surface area (Å²) >= 11 is 0. The smallest absolute Gasteiger partial charge is 0.306 e. The highest BCUT2D eigenvalue weighted by Gasteiger charge is 2.13. The fourth-order valence-electron chi connectivity index (χ4n) is 2.13. The number of hydrogen-bond acceptors (Lipinski definition) is 5. The molecule has 1 unspecified atom stereocenters. The lowest BCUT2D eigenvalue weighted by Gasteiger charge is -2.10. The average molecular weight is 302 g/mol. The molecular weight excluding hydrogens is 288 g/mol. The predicted octanol–water partition coefficient (Wildman–Crippen LogP) is 0.840. The lowest BCUT2D eigenvalue weighted by molar-refractivity contribution is -0.385. The zero-order valence-corrected chi connectivity index (χ0v) is 11.6. The Hall–Kier alpha value is -2.94. The highest BCUT2D eigenvalue weighted by molar-refractivity contribution is 5.26. The third-order valence-electron chi connectivity index (χ3n) is 3.15. The van der Waals surface area contributed by atoms with Gasteiger partial charge < -0.3 is 9.67 Å². The second kappa shape index (κ2) is 5.82. The van der Waals surface area contributed by atoms with Crippen molar-refractivity contribution >= 4 is 5.69 Å². The van der Waals surface area contributed by atoms with Crippen molar-refractivity contribution in [1.29, 1.82) is 0 Å². The number of aliphatic hydroxyl groups excluding tert-OH is 1. The lowest BCUT2D eigenvalue weighted by Crippen LogP contribution is -2.22. The first-order valence-electron chi connectivity index (χ1n) is 6.62. The summed E-state index contributed by atoms with van der Waals surface area (Å²) in [6.45, 7) is 0.432. The summed E-state index contributed by atoms with van der Waals surface area (Å²) in [5.74, 6) is 0. The SMILES string of the molecule is O=[N+]([O-])c1cnn(CC(O)Cn2cc(-n3cccc3)cn2)c1. The third kappa shape index (κ3) is 3.04. The molecule has 114 valence electrons. The molecule has 9 heteroatoms. The summed E-state index contributed by atoms with van der Waals surface area (Å²) in [5, 5.41) is 28.7. The van der Waals surface area contributed by atoms with Crippen molar-refractivity contribution in [2.75, 3.05) is 0 Å². The molecule has 0 fully saturated rings. The van der Waals surface area contributed by atoms with E-state index in [9.17, 15) is 15.2 Å². The number of aliphatic hydroxyl groups is 1. The van der Waals surface area contributed by atoms with Gasteiger partial charge in [-0.1, -0.05) is 0 Å². The molecule has 9 nitrogen and oxygen atoms in total. The molecule has 0 aliphatic rings. The Labute approximate surface area is 125 Å². The van der Waals surface area contributed by atoms with Crippen molar-refractivity contribution in [1.82, 2.24) is 24.1 Å². The number of aromatic nitrogens is 5. The average Bonchev–Trinajstić information content (AvgIpc) is 3.18. The molecule has 0 bridgehead atoms. The fraction of sp³-hybridized carbons (Fsp3) is 0.231. The first-order valence-corrected chi connectivity index (χ1v) is 6.62. The summed E-state index contributed by atoms with van der Waals surface area (Å²) in [7, 11) is 0. The summed E-state index contributed by atoms with van der Waals surface area (Å²) < 4.78 is 4.88. The van der Waals surface area contributed by atoms with Gasteiger partial charge in [0.15, 0.2) is 0 Å². The van der Waals surface area contributed by atoms with Crippen LogP contribution in [0, 0.1) is 10.1 Å². The Balaban J connectivity index is 1.61. The van der Waals surface area contributed by atoms with Crippen molar-refractivity contribution in [3.8, 4) is 5.69 Å². The van der Waals surface area contributed by atoms with Crippen molar-refractivity contribution < 1.29 is 10.0 Å². The van der Waals surface area contributed by atoms with Gasteiger partial charge in [-0.15, -0.1) is 0 Å². The van der Waals surface area contributed by atoms with Gasteiger partial charge in [0.1, 0.15) is 12.4 Å². The van der Waals surface area contributed by atoms with E-state index in [1.54, 1.807) is 10.9 Å². The van der Waals surface area contributed by atoms with Gasteiger partial charge in [-0.05, 0) is 12.1 Å². The number of nitro groups is 1. The zero-order chi connectivity index (χ0) is 15.5. The van der Waals surface area contributed by atoms with Crippen LogP contribution in [0.2, 0.25) is 0 Å². The normalized spacial score (nSPS) is 12.4. The van der Waals surface area contributed by atoms with Crippen LogP contribution >= 0.6 is 0 Å². The maximum absolute atomic E-state index is 10.6. The zero-order valence-electron chi connectivity index (χ0n) is 11.6. The van der Waals surface area contributed by atoms with Gasteiger partial charge in [0.2, 0.25) is 0 Å². The van der Waals surface area contributed by atoms with Crippen LogP contribution in [0.25, 0.3) is 5.69 Å². The van der Waals surface area contributed by atoms with E-state index in [0.717, 1.165) is 11.9 Å². The summed E-state index contributed by atoms with van der Waals surface area (Å²) in [4.78, 5) is 10.1. The molecule has 0 saturated heterocycles. The predicted molar refractivity (Wildman–Crippen MR) is 76.4 cm³/mol. The van der Waals surface area contributed by atoms with Gasteiger partial charge in [-0.3, -0.25) is 19.5 Å². The minimum atomic E-state index is -0.753. The maximum Gasteiger partial charge on any atom is 0.306 e. The van der Waals surface area contributed by atoms with Crippen LogP contribution in [0.3, 0.4) is 0 Å². The Morgan fingerprint density at radius 1 is 1.14 bits per heavy atom. The number of nitrogens with zero attached hydrogens (tertiary/aromatic N) is 6. The van der Waals surface area contributed by atoms with Crippen LogP contribution in [0.5, 0.6) is 0 Å². The van der Waals surface area contributed by atoms with E-state index in [1.807, 2.05) is 35.3 Å². The monoisotopic (exact) mass is 302 g/mol. The van der Waals surface area contributed by atoms with E-state index in [-0.39, 0.29) is 18.8 Å². The molecule has 3 heterocycles. The van der Waals surface area contributed by atoms with E-state index in [4.69, 9.17) is 0 Å². The van der Waals surface area contributed by atoms with Crippen molar-refractivity contribution in [3.63, 3.8) is 0 Å². The Morgan fingerprint density at radius 2 is 1.77 bits per heavy atom. The van der Waals surface area contributed by atoms with E-state index in [1.165, 1.54) is 10.9 Å². The van der Waals surface area contributed by atoms with Gasteiger partial charge in [0, 0.05) is 18.6 Å². The minimum Gasteiger partial charge on any atom is -0.389 e. The molecule has 0 spiro atoms. The molecule has 1 atom stereocenters. The van der Waals surface area contributed by atoms with Gasteiger partial charge in [-0.25, -0.2) is 0 Å². The summed E-state index contributed by atoms with van der Waals surface area (Å²) in [6.07, 6.45) is 9.01. The van der Waals surface area contributed by atoms with Crippen LogP contribution in [-0.2, 0) is 13.1 Å². The molecule has 0 radical (unpaired) electrons. The molecule has 0 aromatic carbocycles. The minimum absolute atomic E-state index is 0.0961. The molecule has 3 rings (SSSR count). The molecule has 3 aromatic rings. The molecule has 0 amide bonds. The van der Waals surface area contributed by atoms with E-state index >= 15 is 0 Å². The van der Waals surface area contributed by atoms with Gasteiger partial charge in [-0.2, -0.15) is 10.2 Å². The molecular formula is C13H14N6O3. The van der Waals surface area contributed by atoms with Crippen LogP contribution in [0.4, 0.5) is 5.69 Å². The highest BCUT2D eigenvalue weighted by Crippen LogP contribution is 2.10. The van der Waals surface area contributed by atoms with Crippen molar-refractivity contribution in [3.05, 3.63) is 59.4 Å². The Bertz CT molecular complexity index is 760. The van der Waals surface area contributed by atoms with Crippen LogP contribution in [0.15, 0.2) is 49.3 Å². The largest absolute Gasteiger partial charge is 0.389 e. The number of rotatable bonds is 6. The van der Waals surface area contributed by atoms with Crippen molar-refractivity contribution in [2.24, 2.45) is 0 Å². The van der Waals surface area contributed by atoms with Crippen LogP contribution < -0.4 is 0 Å². The topological polar surface area (TPSA) is 104 Å². The fourth-order valence-corrected chi connectivity index (χ4v) is 2.13. The van der Waals surface area contributed by atoms with Crippen LogP contribution in [-0.4, -0.2) is 40.3 Å². The lowest BCUT2D eigenvalue weighted by atomic mass is 10.3.